The lowest BCUT2D eigenvalue weighted by Crippen LogP contribution is -2.40. The molecule has 0 spiro atoms. The van der Waals surface area contributed by atoms with Crippen LogP contribution in [0.2, 0.25) is 0 Å². The Labute approximate surface area is 109 Å². The maximum Gasteiger partial charge on any atom is 0.328 e. The van der Waals surface area contributed by atoms with E-state index in [9.17, 15) is 14.9 Å². The van der Waals surface area contributed by atoms with Crippen LogP contribution in [0.4, 0.5) is 11.5 Å². The van der Waals surface area contributed by atoms with Gasteiger partial charge in [-0.2, -0.15) is 5.26 Å². The van der Waals surface area contributed by atoms with Gasteiger partial charge in [0.2, 0.25) is 11.7 Å². The summed E-state index contributed by atoms with van der Waals surface area (Å²) in [5.74, 6) is -0.959. The van der Waals surface area contributed by atoms with Gasteiger partial charge in [-0.25, -0.2) is 4.98 Å². The van der Waals surface area contributed by atoms with E-state index < -0.39 is 22.6 Å². The first-order chi connectivity index (χ1) is 8.88. The highest BCUT2D eigenvalue weighted by Crippen LogP contribution is 2.26. The van der Waals surface area contributed by atoms with Crippen LogP contribution in [-0.4, -0.2) is 21.9 Å². The van der Waals surface area contributed by atoms with E-state index in [1.165, 1.54) is 12.3 Å². The Morgan fingerprint density at radius 3 is 2.68 bits per heavy atom. The van der Waals surface area contributed by atoms with E-state index in [0.717, 1.165) is 0 Å². The summed E-state index contributed by atoms with van der Waals surface area (Å²) in [6, 6.07) is 2.14. The van der Waals surface area contributed by atoms with E-state index in [2.05, 4.69) is 10.3 Å². The Balaban J connectivity index is 3.25. The molecule has 0 radical (unpaired) electrons. The second-order valence-corrected chi connectivity index (χ2v) is 4.19. The third-order valence-electron chi connectivity index (χ3n) is 2.49. The molecule has 1 aromatic heterocycles. The van der Waals surface area contributed by atoms with E-state index in [1.807, 2.05) is 0 Å². The molecule has 8 nitrogen and oxygen atoms in total. The van der Waals surface area contributed by atoms with Crippen molar-refractivity contribution in [2.75, 3.05) is 5.32 Å². The largest absolute Gasteiger partial charge is 0.368 e. The number of carbonyl (C=O) groups is 1. The predicted octanol–water partition coefficient (Wildman–Crippen LogP) is 0.783. The molecule has 1 amide bonds. The van der Waals surface area contributed by atoms with Crippen molar-refractivity contribution < 1.29 is 9.72 Å². The van der Waals surface area contributed by atoms with Gasteiger partial charge in [0.1, 0.15) is 17.7 Å². The molecule has 8 heteroatoms. The first kappa shape index (κ1) is 14.4. The normalized spacial score (nSPS) is 11.7. The second-order valence-electron chi connectivity index (χ2n) is 4.19. The molecule has 0 fully saturated rings. The molecule has 0 saturated carbocycles. The minimum Gasteiger partial charge on any atom is -0.368 e. The first-order valence-electron chi connectivity index (χ1n) is 5.47. The van der Waals surface area contributed by atoms with Gasteiger partial charge in [-0.3, -0.25) is 14.9 Å². The van der Waals surface area contributed by atoms with Crippen LogP contribution in [0.5, 0.6) is 0 Å². The summed E-state index contributed by atoms with van der Waals surface area (Å²) in [4.78, 5) is 25.3. The molecule has 1 atom stereocenters. The summed E-state index contributed by atoms with van der Waals surface area (Å²) in [6.07, 6.45) is 1.26. The van der Waals surface area contributed by atoms with Gasteiger partial charge in [0, 0.05) is 6.20 Å². The number of rotatable bonds is 5. The second kappa shape index (κ2) is 5.77. The number of hydrogen-bond donors (Lipinski definition) is 2. The molecule has 0 aliphatic carbocycles. The molecule has 0 saturated heterocycles. The van der Waals surface area contributed by atoms with E-state index in [1.54, 1.807) is 19.9 Å². The minimum absolute atomic E-state index is 0.130. The molecule has 0 bridgehead atoms. The number of aromatic nitrogens is 1. The average molecular weight is 263 g/mol. The third-order valence-corrected chi connectivity index (χ3v) is 2.49. The molecule has 1 aromatic rings. The van der Waals surface area contributed by atoms with Crippen molar-refractivity contribution in [2.45, 2.75) is 19.9 Å². The highest BCUT2D eigenvalue weighted by molar-refractivity contribution is 5.84. The lowest BCUT2D eigenvalue weighted by Gasteiger charge is -2.19. The van der Waals surface area contributed by atoms with Gasteiger partial charge >= 0.3 is 5.69 Å². The molecule has 1 unspecified atom stereocenters. The minimum atomic E-state index is -0.805. The number of pyridine rings is 1. The van der Waals surface area contributed by atoms with Gasteiger partial charge < -0.3 is 11.1 Å². The molecular weight excluding hydrogens is 250 g/mol. The Hall–Kier alpha value is -2.69. The van der Waals surface area contributed by atoms with Gasteiger partial charge in [-0.05, 0) is 12.0 Å². The third kappa shape index (κ3) is 3.16. The number of nitriles is 1. The fourth-order valence-electron chi connectivity index (χ4n) is 1.55. The first-order valence-corrected chi connectivity index (χ1v) is 5.47. The molecule has 1 rings (SSSR count). The van der Waals surface area contributed by atoms with E-state index in [-0.39, 0.29) is 17.3 Å². The number of amides is 1. The number of primary amides is 1. The van der Waals surface area contributed by atoms with Crippen molar-refractivity contribution in [1.29, 1.82) is 5.26 Å². The topological polar surface area (TPSA) is 135 Å². The van der Waals surface area contributed by atoms with Crippen LogP contribution in [-0.2, 0) is 4.79 Å². The number of anilines is 1. The molecule has 1 heterocycles. The summed E-state index contributed by atoms with van der Waals surface area (Å²) < 4.78 is 0. The molecule has 0 aliphatic rings. The van der Waals surface area contributed by atoms with E-state index in [0.29, 0.717) is 0 Å². The zero-order valence-corrected chi connectivity index (χ0v) is 10.5. The molecule has 0 aromatic carbocycles. The SMILES string of the molecule is CC(C)C(Nc1nccc(C#N)c1[N+](=O)[O-])C(N)=O. The lowest BCUT2D eigenvalue weighted by molar-refractivity contribution is -0.384. The van der Waals surface area contributed by atoms with Gasteiger partial charge in [-0.1, -0.05) is 13.8 Å². The van der Waals surface area contributed by atoms with E-state index in [4.69, 9.17) is 11.0 Å². The standard InChI is InChI=1S/C11H13N5O3/c1-6(2)8(10(13)17)15-11-9(16(18)19)7(5-12)3-4-14-11/h3-4,6,8H,1-2H3,(H2,13,17)(H,14,15). The lowest BCUT2D eigenvalue weighted by atomic mass is 10.0. The van der Waals surface area contributed by atoms with Crippen molar-refractivity contribution in [3.8, 4) is 6.07 Å². The maximum absolute atomic E-state index is 11.3. The van der Waals surface area contributed by atoms with Gasteiger partial charge in [-0.15, -0.1) is 0 Å². The fraction of sp³-hybridized carbons (Fsp3) is 0.364. The smallest absolute Gasteiger partial charge is 0.328 e. The van der Waals surface area contributed by atoms with Crippen LogP contribution in [0, 0.1) is 27.4 Å². The molecule has 100 valence electrons. The molecule has 19 heavy (non-hydrogen) atoms. The Morgan fingerprint density at radius 2 is 2.26 bits per heavy atom. The predicted molar refractivity (Wildman–Crippen MR) is 67.0 cm³/mol. The number of nitrogens with two attached hydrogens (primary N) is 1. The fourth-order valence-corrected chi connectivity index (χ4v) is 1.55. The van der Waals surface area contributed by atoms with Crippen molar-refractivity contribution in [1.82, 2.24) is 4.98 Å². The molecular formula is C11H13N5O3. The molecule has 3 N–H and O–H groups in total. The monoisotopic (exact) mass is 263 g/mol. The summed E-state index contributed by atoms with van der Waals surface area (Å²) in [7, 11) is 0. The van der Waals surface area contributed by atoms with Crippen LogP contribution < -0.4 is 11.1 Å². The number of hydrogen-bond acceptors (Lipinski definition) is 6. The average Bonchev–Trinajstić information content (AvgIpc) is 2.34. The Bertz CT molecular complexity index is 550. The van der Waals surface area contributed by atoms with Crippen LogP contribution in [0.15, 0.2) is 12.3 Å². The number of nitrogens with one attached hydrogen (secondary N) is 1. The van der Waals surface area contributed by atoms with Crippen LogP contribution in [0.3, 0.4) is 0 Å². The number of nitro groups is 1. The van der Waals surface area contributed by atoms with Crippen molar-refractivity contribution in [3.63, 3.8) is 0 Å². The summed E-state index contributed by atoms with van der Waals surface area (Å²) >= 11 is 0. The highest BCUT2D eigenvalue weighted by atomic mass is 16.6. The van der Waals surface area contributed by atoms with Crippen molar-refractivity contribution >= 4 is 17.4 Å². The zero-order chi connectivity index (χ0) is 14.6. The van der Waals surface area contributed by atoms with Gasteiger partial charge in [0.15, 0.2) is 0 Å². The van der Waals surface area contributed by atoms with Crippen LogP contribution >= 0.6 is 0 Å². The van der Waals surface area contributed by atoms with Crippen LogP contribution in [0.25, 0.3) is 0 Å². The van der Waals surface area contributed by atoms with Crippen molar-refractivity contribution in [3.05, 3.63) is 27.9 Å². The van der Waals surface area contributed by atoms with E-state index >= 15 is 0 Å². The van der Waals surface area contributed by atoms with Crippen molar-refractivity contribution in [2.24, 2.45) is 11.7 Å². The van der Waals surface area contributed by atoms with Gasteiger partial charge in [0.05, 0.1) is 4.92 Å². The molecule has 0 aliphatic heterocycles. The summed E-state index contributed by atoms with van der Waals surface area (Å²) in [6.45, 7) is 3.48. The maximum atomic E-state index is 11.3. The Morgan fingerprint density at radius 1 is 1.63 bits per heavy atom. The number of carbonyl (C=O) groups excluding carboxylic acids is 1. The van der Waals surface area contributed by atoms with Crippen LogP contribution in [0.1, 0.15) is 19.4 Å². The van der Waals surface area contributed by atoms with Gasteiger partial charge in [0.25, 0.3) is 0 Å². The summed E-state index contributed by atoms with van der Waals surface area (Å²) in [5, 5.41) is 22.4. The number of nitrogens with zero attached hydrogens (tertiary/aromatic N) is 3. The highest BCUT2D eigenvalue weighted by Gasteiger charge is 2.26. The Kier molecular flexibility index (Phi) is 4.36. The quantitative estimate of drug-likeness (QED) is 0.595. The summed E-state index contributed by atoms with van der Waals surface area (Å²) in [5.41, 5.74) is 4.63. The zero-order valence-electron chi connectivity index (χ0n) is 10.5.